The average Bonchev–Trinajstić information content (AvgIpc) is 2.57. The highest BCUT2D eigenvalue weighted by Gasteiger charge is 2.71. The van der Waals surface area contributed by atoms with Gasteiger partial charge in [0.05, 0.1) is 4.32 Å². The van der Waals surface area contributed by atoms with Crippen molar-refractivity contribution in [2.75, 3.05) is 0 Å². The van der Waals surface area contributed by atoms with Gasteiger partial charge in [-0.15, -0.1) is 0 Å². The molecule has 0 aliphatic heterocycles. The lowest BCUT2D eigenvalue weighted by atomic mass is 9.70. The summed E-state index contributed by atoms with van der Waals surface area (Å²) in [6.45, 7) is 6.98. The number of hydrogen-bond acceptors (Lipinski definition) is 1. The first-order valence-corrected chi connectivity index (χ1v) is 7.35. The van der Waals surface area contributed by atoms with Gasteiger partial charge in [-0.1, -0.05) is 43.1 Å². The van der Waals surface area contributed by atoms with Crippen LogP contribution in [-0.4, -0.2) is 10.1 Å². The van der Waals surface area contributed by atoms with E-state index in [1.807, 2.05) is 0 Å². The maximum Gasteiger partial charge on any atom is 0.155 e. The Balaban J connectivity index is 2.17. The Morgan fingerprint density at radius 1 is 1.19 bits per heavy atom. The zero-order chi connectivity index (χ0) is 11.8. The van der Waals surface area contributed by atoms with Gasteiger partial charge in [-0.3, -0.25) is 4.79 Å². The van der Waals surface area contributed by atoms with Crippen molar-refractivity contribution in [1.29, 1.82) is 0 Å². The van der Waals surface area contributed by atoms with Crippen molar-refractivity contribution in [2.45, 2.75) is 57.2 Å². The van der Waals surface area contributed by atoms with Crippen molar-refractivity contribution >= 4 is 21.7 Å². The monoisotopic (exact) mass is 284 g/mol. The average molecular weight is 285 g/mol. The lowest BCUT2D eigenvalue weighted by molar-refractivity contribution is -0.130. The summed E-state index contributed by atoms with van der Waals surface area (Å²) < 4.78 is -0.170. The number of alkyl halides is 1. The summed E-state index contributed by atoms with van der Waals surface area (Å²) >= 11 is 3.85. The van der Waals surface area contributed by atoms with Gasteiger partial charge >= 0.3 is 0 Å². The van der Waals surface area contributed by atoms with Crippen molar-refractivity contribution in [2.24, 2.45) is 22.7 Å². The standard InChI is InChI=1S/C14H21BrO/c1-12(2)6-4-7-13(3)9-5-8-14(15,10(9)12)11(13)16/h9-10H,4-8H2,1-3H3/t9-,10+,13+,14-/m0/s1. The van der Waals surface area contributed by atoms with Gasteiger partial charge in [0.1, 0.15) is 0 Å². The van der Waals surface area contributed by atoms with Crippen molar-refractivity contribution in [3.05, 3.63) is 0 Å². The van der Waals surface area contributed by atoms with Crippen LogP contribution >= 0.6 is 15.9 Å². The summed E-state index contributed by atoms with van der Waals surface area (Å²) in [7, 11) is 0. The second kappa shape index (κ2) is 2.93. The van der Waals surface area contributed by atoms with E-state index in [9.17, 15) is 4.79 Å². The van der Waals surface area contributed by atoms with Crippen LogP contribution < -0.4 is 0 Å². The van der Waals surface area contributed by atoms with Crippen molar-refractivity contribution < 1.29 is 4.79 Å². The summed E-state index contributed by atoms with van der Waals surface area (Å²) in [5, 5.41) is 0. The van der Waals surface area contributed by atoms with E-state index in [1.54, 1.807) is 0 Å². The highest BCUT2D eigenvalue weighted by molar-refractivity contribution is 9.10. The fourth-order valence-corrected chi connectivity index (χ4v) is 6.74. The molecule has 2 heteroatoms. The van der Waals surface area contributed by atoms with Gasteiger partial charge in [0, 0.05) is 5.41 Å². The SMILES string of the molecule is CC1(C)CCC[C@@]2(C)C(=O)[C@]3(Br)CC[C@H]2[C@H]13. The van der Waals surface area contributed by atoms with E-state index in [0.717, 1.165) is 12.8 Å². The Morgan fingerprint density at radius 2 is 1.88 bits per heavy atom. The number of rotatable bonds is 0. The molecule has 90 valence electrons. The van der Waals surface area contributed by atoms with Crippen LogP contribution in [0.1, 0.15) is 52.9 Å². The fourth-order valence-electron chi connectivity index (χ4n) is 5.12. The first kappa shape index (κ1) is 11.3. The minimum Gasteiger partial charge on any atom is -0.297 e. The van der Waals surface area contributed by atoms with Crippen LogP contribution in [0.15, 0.2) is 0 Å². The fraction of sp³-hybridized carbons (Fsp3) is 0.929. The number of carbonyl (C=O) groups is 1. The highest BCUT2D eigenvalue weighted by Crippen LogP contribution is 2.70. The maximum absolute atomic E-state index is 12.7. The van der Waals surface area contributed by atoms with Gasteiger partial charge in [-0.2, -0.15) is 0 Å². The van der Waals surface area contributed by atoms with Crippen molar-refractivity contribution in [3.63, 3.8) is 0 Å². The summed E-state index contributed by atoms with van der Waals surface area (Å²) in [5.41, 5.74) is 0.314. The van der Waals surface area contributed by atoms with Gasteiger partial charge in [0.2, 0.25) is 0 Å². The number of ketones is 1. The second-order valence-electron chi connectivity index (χ2n) is 7.07. The molecule has 0 aromatic carbocycles. The molecule has 0 unspecified atom stereocenters. The quantitative estimate of drug-likeness (QED) is 0.616. The van der Waals surface area contributed by atoms with E-state index in [-0.39, 0.29) is 9.74 Å². The zero-order valence-corrected chi connectivity index (χ0v) is 12.1. The molecule has 0 amide bonds. The Labute approximate surface area is 106 Å². The highest BCUT2D eigenvalue weighted by atomic mass is 79.9. The second-order valence-corrected chi connectivity index (χ2v) is 8.49. The third kappa shape index (κ3) is 1.06. The van der Waals surface area contributed by atoms with Crippen LogP contribution in [0.25, 0.3) is 0 Å². The minimum atomic E-state index is -0.170. The molecule has 16 heavy (non-hydrogen) atoms. The lowest BCUT2D eigenvalue weighted by Crippen LogP contribution is -2.43. The minimum absolute atomic E-state index is 0.0137. The summed E-state index contributed by atoms with van der Waals surface area (Å²) in [5.74, 6) is 1.73. The van der Waals surface area contributed by atoms with Crippen LogP contribution in [0, 0.1) is 22.7 Å². The number of Topliss-reactive ketones (excluding diaryl/α,β-unsaturated/α-hetero) is 1. The molecule has 3 rings (SSSR count). The summed E-state index contributed by atoms with van der Waals surface area (Å²) in [6.07, 6.45) is 5.95. The molecule has 4 bridgehead atoms. The lowest BCUT2D eigenvalue weighted by Gasteiger charge is -2.38. The van der Waals surface area contributed by atoms with E-state index in [4.69, 9.17) is 0 Å². The van der Waals surface area contributed by atoms with Crippen molar-refractivity contribution in [3.8, 4) is 0 Å². The first-order valence-electron chi connectivity index (χ1n) is 6.56. The smallest absolute Gasteiger partial charge is 0.155 e. The van der Waals surface area contributed by atoms with E-state index in [2.05, 4.69) is 36.7 Å². The van der Waals surface area contributed by atoms with E-state index < -0.39 is 0 Å². The van der Waals surface area contributed by atoms with Gasteiger partial charge in [-0.05, 0) is 42.9 Å². The third-order valence-electron chi connectivity index (χ3n) is 5.79. The predicted octanol–water partition coefficient (Wildman–Crippen LogP) is 3.95. The normalized spacial score (nSPS) is 54.1. The number of carbonyl (C=O) groups excluding carboxylic acids is 1. The van der Waals surface area contributed by atoms with Gasteiger partial charge in [0.15, 0.2) is 5.78 Å². The molecule has 0 saturated heterocycles. The summed E-state index contributed by atoms with van der Waals surface area (Å²) in [4.78, 5) is 12.7. The molecule has 0 aromatic heterocycles. The molecule has 4 atom stereocenters. The number of hydrogen-bond donors (Lipinski definition) is 0. The van der Waals surface area contributed by atoms with Crippen molar-refractivity contribution in [1.82, 2.24) is 0 Å². The molecule has 3 aliphatic carbocycles. The van der Waals surface area contributed by atoms with Gasteiger partial charge < -0.3 is 0 Å². The molecule has 3 aliphatic rings. The van der Waals surface area contributed by atoms with Crippen LogP contribution in [0.2, 0.25) is 0 Å². The largest absolute Gasteiger partial charge is 0.297 e. The molecule has 3 fully saturated rings. The molecule has 0 radical (unpaired) electrons. The van der Waals surface area contributed by atoms with Crippen LogP contribution in [0.5, 0.6) is 0 Å². The maximum atomic E-state index is 12.7. The molecule has 3 saturated carbocycles. The molecule has 0 N–H and O–H groups in total. The summed E-state index contributed by atoms with van der Waals surface area (Å²) in [6, 6.07) is 0. The molecule has 0 heterocycles. The van der Waals surface area contributed by atoms with E-state index in [1.165, 1.54) is 19.3 Å². The predicted molar refractivity (Wildman–Crippen MR) is 68.6 cm³/mol. The van der Waals surface area contributed by atoms with Crippen LogP contribution in [-0.2, 0) is 4.79 Å². The molecule has 1 nitrogen and oxygen atoms in total. The Bertz CT molecular complexity index is 362. The molecular formula is C14H21BrO. The van der Waals surface area contributed by atoms with E-state index >= 15 is 0 Å². The molecule has 0 spiro atoms. The van der Waals surface area contributed by atoms with E-state index in [0.29, 0.717) is 23.0 Å². The zero-order valence-electron chi connectivity index (χ0n) is 10.5. The first-order chi connectivity index (χ1) is 7.32. The Hall–Kier alpha value is 0.150. The molecular weight excluding hydrogens is 264 g/mol. The third-order valence-corrected chi connectivity index (χ3v) is 7.04. The topological polar surface area (TPSA) is 17.1 Å². The Kier molecular flexibility index (Phi) is 2.06. The van der Waals surface area contributed by atoms with Crippen LogP contribution in [0.4, 0.5) is 0 Å². The van der Waals surface area contributed by atoms with Gasteiger partial charge in [-0.25, -0.2) is 0 Å². The number of halogens is 1. The Morgan fingerprint density at radius 3 is 2.56 bits per heavy atom. The molecule has 0 aromatic rings. The van der Waals surface area contributed by atoms with Gasteiger partial charge in [0.25, 0.3) is 0 Å². The van der Waals surface area contributed by atoms with Crippen LogP contribution in [0.3, 0.4) is 0 Å².